The number of carboxylic acids is 2. The van der Waals surface area contributed by atoms with Crippen LogP contribution < -0.4 is 27.4 Å². The Kier molecular flexibility index (Phi) is 15.1. The molecule has 4 unspecified atom stereocenters. The molecule has 0 aliphatic heterocycles. The molecule has 9 N–H and O–H groups in total. The minimum Gasteiger partial charge on any atom is -0.481 e. The van der Waals surface area contributed by atoms with Crippen LogP contribution in [0, 0.1) is 0 Å². The maximum atomic E-state index is 12.7. The van der Waals surface area contributed by atoms with E-state index in [9.17, 15) is 24.0 Å². The van der Waals surface area contributed by atoms with Gasteiger partial charge in [-0.15, -0.1) is 0 Å². The molecule has 0 saturated heterocycles. The van der Waals surface area contributed by atoms with Crippen molar-refractivity contribution in [3.63, 3.8) is 0 Å². The topological polar surface area (TPSA) is 214 Å². The first kappa shape index (κ1) is 29.6. The molecule has 0 aliphatic rings. The normalized spacial score (nSPS) is 14.5. The maximum absolute atomic E-state index is 12.7. The van der Waals surface area contributed by atoms with Gasteiger partial charge in [0.15, 0.2) is 0 Å². The van der Waals surface area contributed by atoms with Crippen LogP contribution in [0.4, 0.5) is 0 Å². The van der Waals surface area contributed by atoms with Gasteiger partial charge in [-0.3, -0.25) is 19.2 Å². The van der Waals surface area contributed by atoms with Gasteiger partial charge in [0, 0.05) is 6.42 Å². The number of thioether (sulfide) groups is 1. The maximum Gasteiger partial charge on any atom is 0.326 e. The highest BCUT2D eigenvalue weighted by molar-refractivity contribution is 7.98. The lowest BCUT2D eigenvalue weighted by Gasteiger charge is -2.23. The summed E-state index contributed by atoms with van der Waals surface area (Å²) < 4.78 is 0. The van der Waals surface area contributed by atoms with Gasteiger partial charge in [-0.05, 0) is 57.6 Å². The number of unbranched alkanes of at least 4 members (excludes halogenated alkanes) is 1. The van der Waals surface area contributed by atoms with E-state index in [1.165, 1.54) is 6.92 Å². The summed E-state index contributed by atoms with van der Waals surface area (Å²) in [4.78, 5) is 59.2. The van der Waals surface area contributed by atoms with Gasteiger partial charge in [0.2, 0.25) is 17.7 Å². The van der Waals surface area contributed by atoms with Crippen molar-refractivity contribution in [3.8, 4) is 0 Å². The van der Waals surface area contributed by atoms with Gasteiger partial charge in [0.25, 0.3) is 0 Å². The first-order valence-corrected chi connectivity index (χ1v) is 11.7. The average Bonchev–Trinajstić information content (AvgIpc) is 2.73. The molecule has 3 amide bonds. The van der Waals surface area contributed by atoms with Crippen molar-refractivity contribution in [2.45, 2.75) is 69.6 Å². The predicted molar refractivity (Wildman–Crippen MR) is 120 cm³/mol. The van der Waals surface area contributed by atoms with E-state index in [-0.39, 0.29) is 12.8 Å². The SMILES string of the molecule is CSCCC(N)C(=O)NC(CCCCN)C(=O)NC(C)C(=O)NC(CCC(=O)O)C(=O)O. The zero-order chi connectivity index (χ0) is 24.7. The number of nitrogens with one attached hydrogen (secondary N) is 3. The number of carbonyl (C=O) groups excluding carboxylic acids is 3. The molecule has 0 aliphatic carbocycles. The second kappa shape index (κ2) is 16.3. The van der Waals surface area contributed by atoms with Gasteiger partial charge in [-0.1, -0.05) is 0 Å². The summed E-state index contributed by atoms with van der Waals surface area (Å²) in [6.07, 6.45) is 3.07. The van der Waals surface area contributed by atoms with E-state index in [0.717, 1.165) is 0 Å². The lowest BCUT2D eigenvalue weighted by Crippen LogP contribution is -2.56. The zero-order valence-corrected chi connectivity index (χ0v) is 19.3. The number of aliphatic carboxylic acids is 2. The minimum atomic E-state index is -1.41. The first-order valence-electron chi connectivity index (χ1n) is 10.3. The van der Waals surface area contributed by atoms with Crippen molar-refractivity contribution in [3.05, 3.63) is 0 Å². The molecule has 4 atom stereocenters. The molecule has 0 aromatic rings. The Morgan fingerprint density at radius 1 is 0.875 bits per heavy atom. The molecule has 0 saturated carbocycles. The fourth-order valence-corrected chi connectivity index (χ4v) is 3.11. The van der Waals surface area contributed by atoms with Crippen LogP contribution in [0.3, 0.4) is 0 Å². The molecule has 184 valence electrons. The number of amides is 3. The Morgan fingerprint density at radius 2 is 1.50 bits per heavy atom. The molecule has 12 nitrogen and oxygen atoms in total. The Labute approximate surface area is 191 Å². The van der Waals surface area contributed by atoms with Gasteiger partial charge in [-0.25, -0.2) is 4.79 Å². The highest BCUT2D eigenvalue weighted by Gasteiger charge is 2.28. The fourth-order valence-electron chi connectivity index (χ4n) is 2.62. The highest BCUT2D eigenvalue weighted by atomic mass is 32.2. The molecule has 13 heteroatoms. The van der Waals surface area contributed by atoms with E-state index in [1.807, 2.05) is 6.26 Å². The van der Waals surface area contributed by atoms with E-state index in [2.05, 4.69) is 16.0 Å². The van der Waals surface area contributed by atoms with Crippen LogP contribution in [-0.4, -0.2) is 82.6 Å². The third-order valence-corrected chi connectivity index (χ3v) is 5.21. The van der Waals surface area contributed by atoms with Gasteiger partial charge in [-0.2, -0.15) is 11.8 Å². The van der Waals surface area contributed by atoms with Crippen molar-refractivity contribution in [1.82, 2.24) is 16.0 Å². The fraction of sp³-hybridized carbons (Fsp3) is 0.737. The van der Waals surface area contributed by atoms with Crippen molar-refractivity contribution >= 4 is 41.4 Å². The summed E-state index contributed by atoms with van der Waals surface area (Å²) >= 11 is 1.54. The van der Waals surface area contributed by atoms with Crippen molar-refractivity contribution in [1.29, 1.82) is 0 Å². The molecule has 32 heavy (non-hydrogen) atoms. The minimum absolute atomic E-state index is 0.286. The summed E-state index contributed by atoms with van der Waals surface area (Å²) in [6, 6.07) is -4.24. The number of rotatable bonds is 17. The quantitative estimate of drug-likeness (QED) is 0.122. The van der Waals surface area contributed by atoms with E-state index in [4.69, 9.17) is 21.7 Å². The third kappa shape index (κ3) is 12.5. The van der Waals surface area contributed by atoms with E-state index in [1.54, 1.807) is 11.8 Å². The molecule has 0 aromatic carbocycles. The van der Waals surface area contributed by atoms with Crippen LogP contribution in [0.2, 0.25) is 0 Å². The molecule has 0 bridgehead atoms. The number of nitrogens with two attached hydrogens (primary N) is 2. The second-order valence-corrected chi connectivity index (χ2v) is 8.28. The lowest BCUT2D eigenvalue weighted by molar-refractivity contribution is -0.143. The first-order chi connectivity index (χ1) is 15.0. The van der Waals surface area contributed by atoms with Crippen LogP contribution >= 0.6 is 11.8 Å². The lowest BCUT2D eigenvalue weighted by atomic mass is 10.1. The Hall–Kier alpha value is -2.38. The molecule has 0 radical (unpaired) electrons. The van der Waals surface area contributed by atoms with Gasteiger partial charge >= 0.3 is 11.9 Å². The Morgan fingerprint density at radius 3 is 2.03 bits per heavy atom. The smallest absolute Gasteiger partial charge is 0.326 e. The molecular formula is C19H35N5O7S. The number of hydrogen-bond donors (Lipinski definition) is 7. The van der Waals surface area contributed by atoms with Crippen LogP contribution in [0.15, 0.2) is 0 Å². The monoisotopic (exact) mass is 477 g/mol. The van der Waals surface area contributed by atoms with E-state index >= 15 is 0 Å². The summed E-state index contributed by atoms with van der Waals surface area (Å²) in [7, 11) is 0. The second-order valence-electron chi connectivity index (χ2n) is 7.30. The predicted octanol–water partition coefficient (Wildman–Crippen LogP) is -1.38. The summed E-state index contributed by atoms with van der Waals surface area (Å²) in [6.45, 7) is 1.77. The van der Waals surface area contributed by atoms with Crippen LogP contribution in [-0.2, 0) is 24.0 Å². The van der Waals surface area contributed by atoms with E-state index < -0.39 is 60.2 Å². The Bertz CT molecular complexity index is 650. The largest absolute Gasteiger partial charge is 0.481 e. The third-order valence-electron chi connectivity index (χ3n) is 4.56. The van der Waals surface area contributed by atoms with Gasteiger partial charge in [0.1, 0.15) is 18.1 Å². The summed E-state index contributed by atoms with van der Waals surface area (Å²) in [5.74, 6) is -3.79. The van der Waals surface area contributed by atoms with Gasteiger partial charge < -0.3 is 37.6 Å². The number of carbonyl (C=O) groups is 5. The van der Waals surface area contributed by atoms with Crippen molar-refractivity contribution in [2.24, 2.45) is 11.5 Å². The Balaban J connectivity index is 5.03. The zero-order valence-electron chi connectivity index (χ0n) is 18.5. The highest BCUT2D eigenvalue weighted by Crippen LogP contribution is 2.05. The van der Waals surface area contributed by atoms with Gasteiger partial charge in [0.05, 0.1) is 6.04 Å². The van der Waals surface area contributed by atoms with Crippen molar-refractivity contribution in [2.75, 3.05) is 18.6 Å². The van der Waals surface area contributed by atoms with Crippen molar-refractivity contribution < 1.29 is 34.2 Å². The van der Waals surface area contributed by atoms with Crippen LogP contribution in [0.1, 0.15) is 45.4 Å². The van der Waals surface area contributed by atoms with Crippen LogP contribution in [0.25, 0.3) is 0 Å². The summed E-state index contributed by atoms with van der Waals surface area (Å²) in [5.41, 5.74) is 11.3. The molecule has 0 heterocycles. The molecular weight excluding hydrogens is 442 g/mol. The van der Waals surface area contributed by atoms with Crippen LogP contribution in [0.5, 0.6) is 0 Å². The standard InChI is InChI=1S/C19H35N5O7S/c1-11(16(27)24-14(19(30)31)6-7-15(25)26)22-18(29)13(5-3-4-9-20)23-17(28)12(21)8-10-32-2/h11-14H,3-10,20-21H2,1-2H3,(H,22,29)(H,23,28)(H,24,27)(H,25,26)(H,30,31). The number of hydrogen-bond acceptors (Lipinski definition) is 8. The molecule has 0 aromatic heterocycles. The molecule has 0 rings (SSSR count). The molecule has 0 spiro atoms. The average molecular weight is 478 g/mol. The molecule has 0 fully saturated rings. The van der Waals surface area contributed by atoms with E-state index in [0.29, 0.717) is 31.6 Å². The number of carboxylic acid groups (broad SMARTS) is 2. The summed E-state index contributed by atoms with van der Waals surface area (Å²) in [5, 5.41) is 25.1.